The third kappa shape index (κ3) is 2.80. The number of aryl methyl sites for hydroxylation is 1. The fourth-order valence-corrected chi connectivity index (χ4v) is 2.08. The fraction of sp³-hybridized carbons (Fsp3) is 0.273. The molecule has 3 N–H and O–H groups in total. The summed E-state index contributed by atoms with van der Waals surface area (Å²) in [5.41, 5.74) is 6.82. The van der Waals surface area contributed by atoms with Crippen LogP contribution in [0.25, 0.3) is 0 Å². The Morgan fingerprint density at radius 1 is 1.50 bits per heavy atom. The van der Waals surface area contributed by atoms with E-state index >= 15 is 0 Å². The van der Waals surface area contributed by atoms with Gasteiger partial charge in [0.25, 0.3) is 0 Å². The van der Waals surface area contributed by atoms with Gasteiger partial charge in [-0.1, -0.05) is 0 Å². The largest absolute Gasteiger partial charge is 0.382 e. The van der Waals surface area contributed by atoms with Gasteiger partial charge in [0.15, 0.2) is 0 Å². The van der Waals surface area contributed by atoms with Gasteiger partial charge >= 0.3 is 0 Å². The van der Waals surface area contributed by atoms with E-state index < -0.39 is 0 Å². The van der Waals surface area contributed by atoms with Crippen molar-refractivity contribution in [1.82, 2.24) is 15.0 Å². The average Bonchev–Trinajstić information content (AvgIpc) is 2.75. The van der Waals surface area contributed by atoms with Crippen LogP contribution in [0, 0.1) is 12.3 Å². The van der Waals surface area contributed by atoms with Gasteiger partial charge in [0.05, 0.1) is 17.2 Å². The van der Waals surface area contributed by atoms with Crippen LogP contribution in [0.3, 0.4) is 0 Å². The second-order valence-electron chi connectivity index (χ2n) is 3.87. The Morgan fingerprint density at radius 2 is 2.28 bits per heavy atom. The SMILES string of the molecule is Cc1nc(CN(C)c2nccc(C(=N)N)n2)cs1. The summed E-state index contributed by atoms with van der Waals surface area (Å²) in [6.07, 6.45) is 1.60. The molecule has 94 valence electrons. The van der Waals surface area contributed by atoms with Crippen LogP contribution in [0.15, 0.2) is 17.6 Å². The molecule has 0 aliphatic heterocycles. The first-order valence-electron chi connectivity index (χ1n) is 5.36. The molecule has 2 heterocycles. The molecule has 7 heteroatoms. The number of nitrogens with zero attached hydrogens (tertiary/aromatic N) is 4. The Morgan fingerprint density at radius 3 is 2.89 bits per heavy atom. The predicted octanol–water partition coefficient (Wildman–Crippen LogP) is 1.16. The van der Waals surface area contributed by atoms with E-state index in [-0.39, 0.29) is 5.84 Å². The first-order chi connectivity index (χ1) is 8.56. The topological polar surface area (TPSA) is 91.8 Å². The number of anilines is 1. The molecule has 0 atom stereocenters. The monoisotopic (exact) mass is 262 g/mol. The van der Waals surface area contributed by atoms with Gasteiger partial charge in [0.1, 0.15) is 11.5 Å². The highest BCUT2D eigenvalue weighted by Crippen LogP contribution is 2.13. The van der Waals surface area contributed by atoms with E-state index in [0.29, 0.717) is 18.2 Å². The van der Waals surface area contributed by atoms with E-state index in [9.17, 15) is 0 Å². The molecular formula is C11H14N6S. The molecule has 0 bridgehead atoms. The van der Waals surface area contributed by atoms with Crippen molar-refractivity contribution in [1.29, 1.82) is 5.41 Å². The third-order valence-corrected chi connectivity index (χ3v) is 3.15. The summed E-state index contributed by atoms with van der Waals surface area (Å²) >= 11 is 1.62. The van der Waals surface area contributed by atoms with Gasteiger partial charge in [-0.05, 0) is 13.0 Å². The molecule has 6 nitrogen and oxygen atoms in total. The molecule has 2 rings (SSSR count). The van der Waals surface area contributed by atoms with E-state index in [1.807, 2.05) is 24.3 Å². The minimum Gasteiger partial charge on any atom is -0.382 e. The van der Waals surface area contributed by atoms with Crippen molar-refractivity contribution >= 4 is 23.1 Å². The lowest BCUT2D eigenvalue weighted by atomic mass is 10.4. The Hall–Kier alpha value is -2.02. The number of nitrogens with two attached hydrogens (primary N) is 1. The standard InChI is InChI=1S/C11H14N6S/c1-7-15-8(6-18-7)5-17(2)11-14-4-3-9(16-11)10(12)13/h3-4,6H,5H2,1-2H3,(H3,12,13). The quantitative estimate of drug-likeness (QED) is 0.637. The molecule has 0 spiro atoms. The number of rotatable bonds is 4. The van der Waals surface area contributed by atoms with Crippen LogP contribution in [0.5, 0.6) is 0 Å². The fourth-order valence-electron chi connectivity index (χ4n) is 1.48. The van der Waals surface area contributed by atoms with Crippen molar-refractivity contribution in [3.8, 4) is 0 Å². The summed E-state index contributed by atoms with van der Waals surface area (Å²) in [7, 11) is 1.88. The molecule has 0 saturated carbocycles. The van der Waals surface area contributed by atoms with Gasteiger partial charge in [0.2, 0.25) is 5.95 Å². The number of nitrogens with one attached hydrogen (secondary N) is 1. The van der Waals surface area contributed by atoms with E-state index in [2.05, 4.69) is 15.0 Å². The van der Waals surface area contributed by atoms with Gasteiger partial charge in [-0.25, -0.2) is 15.0 Å². The molecule has 2 aromatic heterocycles. The zero-order chi connectivity index (χ0) is 13.1. The van der Waals surface area contributed by atoms with Crippen LogP contribution < -0.4 is 10.6 Å². The molecule has 0 unspecified atom stereocenters. The van der Waals surface area contributed by atoms with Crippen molar-refractivity contribution in [3.05, 3.63) is 34.0 Å². The molecule has 0 fully saturated rings. The van der Waals surface area contributed by atoms with Crippen LogP contribution in [-0.4, -0.2) is 27.8 Å². The molecule has 0 aliphatic carbocycles. The zero-order valence-electron chi connectivity index (χ0n) is 10.2. The van der Waals surface area contributed by atoms with Crippen LogP contribution in [-0.2, 0) is 6.54 Å². The highest BCUT2D eigenvalue weighted by Gasteiger charge is 2.09. The number of hydrogen-bond acceptors (Lipinski definition) is 6. The van der Waals surface area contributed by atoms with Crippen molar-refractivity contribution in [3.63, 3.8) is 0 Å². The maximum absolute atomic E-state index is 7.36. The first kappa shape index (κ1) is 12.4. The van der Waals surface area contributed by atoms with Crippen molar-refractivity contribution in [2.45, 2.75) is 13.5 Å². The summed E-state index contributed by atoms with van der Waals surface area (Å²) in [5, 5.41) is 10.4. The second kappa shape index (κ2) is 5.09. The first-order valence-corrected chi connectivity index (χ1v) is 6.24. The molecule has 18 heavy (non-hydrogen) atoms. The minimum atomic E-state index is -0.0587. The van der Waals surface area contributed by atoms with E-state index in [1.54, 1.807) is 23.6 Å². The third-order valence-electron chi connectivity index (χ3n) is 2.33. The normalized spacial score (nSPS) is 10.3. The number of thiazole rings is 1. The summed E-state index contributed by atoms with van der Waals surface area (Å²) in [5.74, 6) is 0.477. The number of nitrogen functional groups attached to an aromatic ring is 1. The lowest BCUT2D eigenvalue weighted by Gasteiger charge is -2.15. The lowest BCUT2D eigenvalue weighted by molar-refractivity contribution is 0.843. The molecule has 0 aliphatic rings. The molecule has 0 saturated heterocycles. The van der Waals surface area contributed by atoms with Gasteiger partial charge < -0.3 is 10.6 Å². The summed E-state index contributed by atoms with van der Waals surface area (Å²) < 4.78 is 0. The van der Waals surface area contributed by atoms with Gasteiger partial charge in [-0.15, -0.1) is 11.3 Å². The Kier molecular flexibility index (Phi) is 3.52. The Labute approximate surface area is 109 Å². The van der Waals surface area contributed by atoms with Gasteiger partial charge in [-0.3, -0.25) is 5.41 Å². The number of aromatic nitrogens is 3. The van der Waals surface area contributed by atoms with Gasteiger partial charge in [0, 0.05) is 18.6 Å². The van der Waals surface area contributed by atoms with E-state index in [4.69, 9.17) is 11.1 Å². The Balaban J connectivity index is 2.15. The highest BCUT2D eigenvalue weighted by atomic mass is 32.1. The summed E-state index contributed by atoms with van der Waals surface area (Å²) in [6.45, 7) is 2.60. The van der Waals surface area contributed by atoms with Crippen LogP contribution in [0.4, 0.5) is 5.95 Å². The van der Waals surface area contributed by atoms with Crippen molar-refractivity contribution in [2.24, 2.45) is 5.73 Å². The van der Waals surface area contributed by atoms with Crippen LogP contribution in [0.2, 0.25) is 0 Å². The molecular weight excluding hydrogens is 248 g/mol. The molecule has 0 amide bonds. The Bertz CT molecular complexity index is 564. The summed E-state index contributed by atoms with van der Waals surface area (Å²) in [4.78, 5) is 14.6. The van der Waals surface area contributed by atoms with E-state index in [0.717, 1.165) is 10.7 Å². The average molecular weight is 262 g/mol. The predicted molar refractivity (Wildman–Crippen MR) is 72.0 cm³/mol. The molecule has 2 aromatic rings. The number of amidine groups is 1. The van der Waals surface area contributed by atoms with Crippen molar-refractivity contribution in [2.75, 3.05) is 11.9 Å². The van der Waals surface area contributed by atoms with Crippen molar-refractivity contribution < 1.29 is 0 Å². The maximum atomic E-state index is 7.36. The zero-order valence-corrected chi connectivity index (χ0v) is 11.0. The number of hydrogen-bond donors (Lipinski definition) is 2. The molecule has 0 radical (unpaired) electrons. The summed E-state index contributed by atoms with van der Waals surface area (Å²) in [6, 6.07) is 1.62. The van der Waals surface area contributed by atoms with Crippen LogP contribution in [0.1, 0.15) is 16.4 Å². The molecule has 0 aromatic carbocycles. The minimum absolute atomic E-state index is 0.0587. The maximum Gasteiger partial charge on any atom is 0.226 e. The smallest absolute Gasteiger partial charge is 0.226 e. The lowest BCUT2D eigenvalue weighted by Crippen LogP contribution is -2.21. The van der Waals surface area contributed by atoms with Gasteiger partial charge in [-0.2, -0.15) is 0 Å². The highest BCUT2D eigenvalue weighted by molar-refractivity contribution is 7.09. The van der Waals surface area contributed by atoms with E-state index in [1.165, 1.54) is 0 Å². The second-order valence-corrected chi connectivity index (χ2v) is 4.93. The van der Waals surface area contributed by atoms with Crippen LogP contribution >= 0.6 is 11.3 Å².